The van der Waals surface area contributed by atoms with Gasteiger partial charge in [-0.25, -0.2) is 12.8 Å². The zero-order valence-electron chi connectivity index (χ0n) is 16.1. The lowest BCUT2D eigenvalue weighted by Gasteiger charge is -2.33. The van der Waals surface area contributed by atoms with Crippen molar-refractivity contribution in [1.29, 1.82) is 0 Å². The first-order valence-electron chi connectivity index (χ1n) is 9.44. The molecule has 7 heteroatoms. The first-order chi connectivity index (χ1) is 13.3. The number of anilines is 1. The van der Waals surface area contributed by atoms with Crippen molar-refractivity contribution in [2.45, 2.75) is 44.7 Å². The van der Waals surface area contributed by atoms with Gasteiger partial charge >= 0.3 is 0 Å². The smallest absolute Gasteiger partial charge is 0.244 e. The number of aryl methyl sites for hydroxylation is 1. The van der Waals surface area contributed by atoms with Crippen LogP contribution in [-0.2, 0) is 21.2 Å². The van der Waals surface area contributed by atoms with Gasteiger partial charge < -0.3 is 5.32 Å². The van der Waals surface area contributed by atoms with Gasteiger partial charge in [-0.1, -0.05) is 31.2 Å². The number of nitrogens with one attached hydrogen (secondary N) is 1. The maximum Gasteiger partial charge on any atom is 0.244 e. The van der Waals surface area contributed by atoms with E-state index in [1.54, 1.807) is 6.92 Å². The van der Waals surface area contributed by atoms with E-state index in [2.05, 4.69) is 11.4 Å². The van der Waals surface area contributed by atoms with Crippen LogP contribution in [0, 0.1) is 5.82 Å². The highest BCUT2D eigenvalue weighted by atomic mass is 32.2. The molecule has 1 aliphatic carbocycles. The Morgan fingerprint density at radius 3 is 2.54 bits per heavy atom. The van der Waals surface area contributed by atoms with E-state index in [9.17, 15) is 17.6 Å². The summed E-state index contributed by atoms with van der Waals surface area (Å²) in [6, 6.07) is 12.1. The molecule has 0 saturated heterocycles. The number of halogens is 1. The number of carbonyl (C=O) groups excluding carboxylic acids is 1. The van der Waals surface area contributed by atoms with E-state index in [1.807, 2.05) is 18.2 Å². The Kier molecular flexibility index (Phi) is 6.03. The van der Waals surface area contributed by atoms with Crippen LogP contribution in [0.2, 0.25) is 0 Å². The Balaban J connectivity index is 1.88. The molecule has 150 valence electrons. The number of carbonyl (C=O) groups is 1. The largest absolute Gasteiger partial charge is 0.347 e. The van der Waals surface area contributed by atoms with Gasteiger partial charge in [-0.05, 0) is 61.1 Å². The second kappa shape index (κ2) is 8.31. The van der Waals surface area contributed by atoms with Gasteiger partial charge in [0.1, 0.15) is 11.9 Å². The molecule has 0 aromatic heterocycles. The van der Waals surface area contributed by atoms with Crippen molar-refractivity contribution in [1.82, 2.24) is 5.32 Å². The Bertz CT molecular complexity index is 944. The number of sulfonamides is 1. The SMILES string of the molecule is CCC(C(=O)NC1CCCc2ccccc21)N(c1ccc(F)cc1)S(C)(=O)=O. The van der Waals surface area contributed by atoms with Gasteiger partial charge in [0.25, 0.3) is 0 Å². The zero-order valence-corrected chi connectivity index (χ0v) is 16.9. The third-order valence-corrected chi connectivity index (χ3v) is 6.28. The molecule has 3 rings (SSSR count). The maximum absolute atomic E-state index is 13.3. The second-order valence-corrected chi connectivity index (χ2v) is 8.97. The molecule has 1 N–H and O–H groups in total. The minimum absolute atomic E-state index is 0.138. The van der Waals surface area contributed by atoms with Gasteiger partial charge in [-0.2, -0.15) is 0 Å². The average Bonchev–Trinajstić information content (AvgIpc) is 2.66. The van der Waals surface area contributed by atoms with Crippen molar-refractivity contribution in [2.75, 3.05) is 10.6 Å². The Hall–Kier alpha value is -2.41. The molecule has 2 aromatic carbocycles. The van der Waals surface area contributed by atoms with Crippen molar-refractivity contribution in [2.24, 2.45) is 0 Å². The number of benzene rings is 2. The number of rotatable bonds is 6. The number of amides is 1. The topological polar surface area (TPSA) is 66.5 Å². The standard InChI is InChI=1S/C21H25FN2O3S/c1-3-20(24(28(2,26)27)17-13-11-16(22)12-14-17)21(25)23-19-10-6-8-15-7-4-5-9-18(15)19/h4-5,7,9,11-14,19-20H,3,6,8,10H2,1-2H3,(H,23,25). The van der Waals surface area contributed by atoms with Crippen LogP contribution in [0.15, 0.2) is 48.5 Å². The molecule has 0 radical (unpaired) electrons. The lowest BCUT2D eigenvalue weighted by Crippen LogP contribution is -2.50. The van der Waals surface area contributed by atoms with Crippen molar-refractivity contribution >= 4 is 21.6 Å². The predicted molar refractivity (Wildman–Crippen MR) is 108 cm³/mol. The van der Waals surface area contributed by atoms with E-state index < -0.39 is 21.9 Å². The van der Waals surface area contributed by atoms with Crippen LogP contribution in [0.25, 0.3) is 0 Å². The summed E-state index contributed by atoms with van der Waals surface area (Å²) in [6.45, 7) is 1.76. The molecular formula is C21H25FN2O3S. The number of hydrogen-bond donors (Lipinski definition) is 1. The summed E-state index contributed by atoms with van der Waals surface area (Å²) < 4.78 is 39.3. The Morgan fingerprint density at radius 2 is 1.89 bits per heavy atom. The first-order valence-corrected chi connectivity index (χ1v) is 11.3. The number of nitrogens with zero attached hydrogens (tertiary/aromatic N) is 1. The molecule has 0 fully saturated rings. The van der Waals surface area contributed by atoms with Gasteiger partial charge in [0.05, 0.1) is 18.0 Å². The average molecular weight is 405 g/mol. The van der Waals surface area contributed by atoms with Crippen LogP contribution in [-0.4, -0.2) is 26.6 Å². The molecule has 2 aromatic rings. The van der Waals surface area contributed by atoms with Gasteiger partial charge in [0, 0.05) is 0 Å². The van der Waals surface area contributed by atoms with E-state index in [-0.39, 0.29) is 17.6 Å². The van der Waals surface area contributed by atoms with Gasteiger partial charge in [-0.15, -0.1) is 0 Å². The molecule has 1 aliphatic rings. The molecule has 28 heavy (non-hydrogen) atoms. The normalized spacial score (nSPS) is 17.5. The minimum atomic E-state index is -3.74. The first kappa shape index (κ1) is 20.3. The van der Waals surface area contributed by atoms with Crippen LogP contribution < -0.4 is 9.62 Å². The maximum atomic E-state index is 13.3. The minimum Gasteiger partial charge on any atom is -0.347 e. The van der Waals surface area contributed by atoms with Crippen molar-refractivity contribution in [3.05, 3.63) is 65.5 Å². The van der Waals surface area contributed by atoms with Crippen molar-refractivity contribution in [3.63, 3.8) is 0 Å². The summed E-state index contributed by atoms with van der Waals surface area (Å²) >= 11 is 0. The zero-order chi connectivity index (χ0) is 20.3. The lowest BCUT2D eigenvalue weighted by molar-refractivity contribution is -0.123. The van der Waals surface area contributed by atoms with Crippen LogP contribution >= 0.6 is 0 Å². The highest BCUT2D eigenvalue weighted by Crippen LogP contribution is 2.30. The summed E-state index contributed by atoms with van der Waals surface area (Å²) in [5.41, 5.74) is 2.57. The van der Waals surface area contributed by atoms with Gasteiger partial charge in [-0.3, -0.25) is 9.10 Å². The fourth-order valence-corrected chi connectivity index (χ4v) is 5.03. The molecule has 2 unspecified atom stereocenters. The molecule has 0 saturated carbocycles. The quantitative estimate of drug-likeness (QED) is 0.801. The molecule has 2 atom stereocenters. The third kappa shape index (κ3) is 4.35. The monoisotopic (exact) mass is 404 g/mol. The molecule has 1 amide bonds. The summed E-state index contributed by atoms with van der Waals surface area (Å²) in [7, 11) is -3.74. The highest BCUT2D eigenvalue weighted by molar-refractivity contribution is 7.92. The Labute approximate surface area is 165 Å². The summed E-state index contributed by atoms with van der Waals surface area (Å²) in [4.78, 5) is 13.1. The third-order valence-electron chi connectivity index (χ3n) is 5.10. The predicted octanol–water partition coefficient (Wildman–Crippen LogP) is 3.56. The van der Waals surface area contributed by atoms with Crippen LogP contribution in [0.4, 0.5) is 10.1 Å². The van der Waals surface area contributed by atoms with Gasteiger partial charge in [0.15, 0.2) is 0 Å². The van der Waals surface area contributed by atoms with E-state index in [0.29, 0.717) is 6.42 Å². The fraction of sp³-hybridized carbons (Fsp3) is 0.381. The summed E-state index contributed by atoms with van der Waals surface area (Å²) in [5, 5.41) is 3.04. The molecular weight excluding hydrogens is 379 g/mol. The highest BCUT2D eigenvalue weighted by Gasteiger charge is 2.33. The van der Waals surface area contributed by atoms with E-state index in [4.69, 9.17) is 0 Å². The number of fused-ring (bicyclic) bond motifs is 1. The molecule has 0 bridgehead atoms. The van der Waals surface area contributed by atoms with E-state index >= 15 is 0 Å². The Morgan fingerprint density at radius 1 is 1.21 bits per heavy atom. The number of hydrogen-bond acceptors (Lipinski definition) is 3. The van der Waals surface area contributed by atoms with Crippen molar-refractivity contribution in [3.8, 4) is 0 Å². The molecule has 0 aliphatic heterocycles. The second-order valence-electron chi connectivity index (χ2n) is 7.11. The fourth-order valence-electron chi connectivity index (χ4n) is 3.82. The van der Waals surface area contributed by atoms with Crippen molar-refractivity contribution < 1.29 is 17.6 Å². The van der Waals surface area contributed by atoms with E-state index in [0.717, 1.165) is 35.4 Å². The van der Waals surface area contributed by atoms with Crippen LogP contribution in [0.3, 0.4) is 0 Å². The van der Waals surface area contributed by atoms with Crippen LogP contribution in [0.1, 0.15) is 43.4 Å². The molecule has 5 nitrogen and oxygen atoms in total. The van der Waals surface area contributed by atoms with Crippen LogP contribution in [0.5, 0.6) is 0 Å². The summed E-state index contributed by atoms with van der Waals surface area (Å²) in [6.07, 6.45) is 4.11. The summed E-state index contributed by atoms with van der Waals surface area (Å²) in [5.74, 6) is -0.813. The molecule has 0 spiro atoms. The lowest BCUT2D eigenvalue weighted by atomic mass is 9.87. The van der Waals surface area contributed by atoms with Gasteiger partial charge in [0.2, 0.25) is 15.9 Å². The molecule has 0 heterocycles. The van der Waals surface area contributed by atoms with E-state index in [1.165, 1.54) is 29.8 Å².